The molecule has 1 rings (SSSR count). The molecule has 0 saturated heterocycles. The number of halogens is 1. The SMILES string of the molecule is CCCCOc1ccc(C)cc1C#CCCl. The normalized spacial score (nSPS) is 9.44. The summed E-state index contributed by atoms with van der Waals surface area (Å²) in [6.07, 6.45) is 2.20. The van der Waals surface area contributed by atoms with Gasteiger partial charge in [0.05, 0.1) is 18.1 Å². The maximum Gasteiger partial charge on any atom is 0.134 e. The van der Waals surface area contributed by atoms with Gasteiger partial charge in [0.15, 0.2) is 0 Å². The smallest absolute Gasteiger partial charge is 0.134 e. The van der Waals surface area contributed by atoms with E-state index in [1.54, 1.807) is 0 Å². The summed E-state index contributed by atoms with van der Waals surface area (Å²) < 4.78 is 5.68. The van der Waals surface area contributed by atoms with Crippen molar-refractivity contribution >= 4 is 11.6 Å². The van der Waals surface area contributed by atoms with E-state index in [2.05, 4.69) is 18.8 Å². The van der Waals surface area contributed by atoms with Gasteiger partial charge in [-0.25, -0.2) is 0 Å². The largest absolute Gasteiger partial charge is 0.492 e. The molecule has 0 bridgehead atoms. The van der Waals surface area contributed by atoms with Gasteiger partial charge < -0.3 is 4.74 Å². The summed E-state index contributed by atoms with van der Waals surface area (Å²) in [4.78, 5) is 0. The third-order valence-electron chi connectivity index (χ3n) is 2.18. The summed E-state index contributed by atoms with van der Waals surface area (Å²) in [5.74, 6) is 7.09. The Kier molecular flexibility index (Phi) is 5.82. The number of hydrogen-bond donors (Lipinski definition) is 0. The van der Waals surface area contributed by atoms with Crippen LogP contribution in [-0.2, 0) is 0 Å². The monoisotopic (exact) mass is 236 g/mol. The molecule has 0 amide bonds. The highest BCUT2D eigenvalue weighted by molar-refractivity contribution is 6.19. The quantitative estimate of drug-likeness (QED) is 0.439. The summed E-state index contributed by atoms with van der Waals surface area (Å²) in [7, 11) is 0. The van der Waals surface area contributed by atoms with Crippen molar-refractivity contribution in [2.45, 2.75) is 26.7 Å². The molecule has 0 radical (unpaired) electrons. The Labute approximate surface area is 103 Å². The van der Waals surface area contributed by atoms with Gasteiger partial charge in [0.1, 0.15) is 5.75 Å². The molecule has 0 aliphatic heterocycles. The second-order valence-electron chi connectivity index (χ2n) is 3.64. The van der Waals surface area contributed by atoms with Gasteiger partial charge in [-0.3, -0.25) is 0 Å². The first-order valence-corrected chi connectivity index (χ1v) is 6.09. The maximum atomic E-state index is 5.68. The van der Waals surface area contributed by atoms with Gasteiger partial charge in [-0.2, -0.15) is 0 Å². The van der Waals surface area contributed by atoms with Crippen molar-refractivity contribution in [1.82, 2.24) is 0 Å². The van der Waals surface area contributed by atoms with Crippen LogP contribution in [0.25, 0.3) is 0 Å². The third-order valence-corrected chi connectivity index (χ3v) is 2.31. The number of aryl methyl sites for hydroxylation is 1. The van der Waals surface area contributed by atoms with Gasteiger partial charge in [0.2, 0.25) is 0 Å². The Bertz CT molecular complexity index is 387. The Morgan fingerprint density at radius 2 is 2.19 bits per heavy atom. The van der Waals surface area contributed by atoms with E-state index in [9.17, 15) is 0 Å². The van der Waals surface area contributed by atoms with E-state index < -0.39 is 0 Å². The molecule has 0 aromatic heterocycles. The van der Waals surface area contributed by atoms with Crippen molar-refractivity contribution in [1.29, 1.82) is 0 Å². The summed E-state index contributed by atoms with van der Waals surface area (Å²) >= 11 is 5.56. The number of unbranched alkanes of at least 4 members (excludes halogenated alkanes) is 1. The van der Waals surface area contributed by atoms with Crippen LogP contribution < -0.4 is 4.74 Å². The van der Waals surface area contributed by atoms with Crippen molar-refractivity contribution in [2.24, 2.45) is 0 Å². The number of alkyl halides is 1. The minimum absolute atomic E-state index is 0.350. The van der Waals surface area contributed by atoms with E-state index >= 15 is 0 Å². The van der Waals surface area contributed by atoms with E-state index in [4.69, 9.17) is 16.3 Å². The Morgan fingerprint density at radius 3 is 2.88 bits per heavy atom. The van der Waals surface area contributed by atoms with Crippen LogP contribution in [-0.4, -0.2) is 12.5 Å². The van der Waals surface area contributed by atoms with Crippen LogP contribution in [0.5, 0.6) is 5.75 Å². The fourth-order valence-electron chi connectivity index (χ4n) is 1.32. The lowest BCUT2D eigenvalue weighted by atomic mass is 10.1. The zero-order valence-electron chi connectivity index (χ0n) is 9.85. The van der Waals surface area contributed by atoms with Gasteiger partial charge in [-0.15, -0.1) is 11.6 Å². The van der Waals surface area contributed by atoms with E-state index in [1.165, 1.54) is 5.56 Å². The second-order valence-corrected chi connectivity index (χ2v) is 3.90. The van der Waals surface area contributed by atoms with Gasteiger partial charge in [-0.1, -0.05) is 31.3 Å². The minimum atomic E-state index is 0.350. The summed E-state index contributed by atoms with van der Waals surface area (Å²) in [5, 5.41) is 0. The molecule has 2 heteroatoms. The number of rotatable bonds is 4. The second kappa shape index (κ2) is 7.19. The minimum Gasteiger partial charge on any atom is -0.492 e. The third kappa shape index (κ3) is 4.16. The van der Waals surface area contributed by atoms with Crippen molar-refractivity contribution in [3.05, 3.63) is 29.3 Å². The summed E-state index contributed by atoms with van der Waals surface area (Å²) in [5.41, 5.74) is 2.11. The fraction of sp³-hybridized carbons (Fsp3) is 0.429. The van der Waals surface area contributed by atoms with Crippen molar-refractivity contribution < 1.29 is 4.74 Å². The van der Waals surface area contributed by atoms with Crippen molar-refractivity contribution in [3.63, 3.8) is 0 Å². The first-order chi connectivity index (χ1) is 7.77. The van der Waals surface area contributed by atoms with Gasteiger partial charge in [0.25, 0.3) is 0 Å². The lowest BCUT2D eigenvalue weighted by molar-refractivity contribution is 0.308. The molecule has 0 unspecified atom stereocenters. The molecule has 1 aromatic carbocycles. The molecule has 0 aliphatic rings. The van der Waals surface area contributed by atoms with Crippen LogP contribution >= 0.6 is 11.6 Å². The highest BCUT2D eigenvalue weighted by atomic mass is 35.5. The lowest BCUT2D eigenvalue weighted by Crippen LogP contribution is -1.98. The maximum absolute atomic E-state index is 5.68. The first kappa shape index (κ1) is 12.9. The Balaban J connectivity index is 2.80. The molecule has 0 atom stereocenters. The summed E-state index contributed by atoms with van der Waals surface area (Å²) in [6.45, 7) is 4.93. The van der Waals surface area contributed by atoms with E-state index in [-0.39, 0.29) is 0 Å². The van der Waals surface area contributed by atoms with Gasteiger partial charge in [-0.05, 0) is 31.0 Å². The topological polar surface area (TPSA) is 9.23 Å². The van der Waals surface area contributed by atoms with Crippen molar-refractivity contribution in [3.8, 4) is 17.6 Å². The zero-order valence-corrected chi connectivity index (χ0v) is 10.6. The van der Waals surface area contributed by atoms with Crippen LogP contribution in [0.1, 0.15) is 30.9 Å². The first-order valence-electron chi connectivity index (χ1n) is 5.56. The van der Waals surface area contributed by atoms with Gasteiger partial charge >= 0.3 is 0 Å². The fourth-order valence-corrected chi connectivity index (χ4v) is 1.39. The zero-order chi connectivity index (χ0) is 11.8. The predicted octanol–water partition coefficient (Wildman–Crippen LogP) is 3.76. The van der Waals surface area contributed by atoms with Crippen molar-refractivity contribution in [2.75, 3.05) is 12.5 Å². The van der Waals surface area contributed by atoms with Crippen LogP contribution in [0, 0.1) is 18.8 Å². The number of ether oxygens (including phenoxy) is 1. The molecule has 86 valence electrons. The molecular weight excluding hydrogens is 220 g/mol. The van der Waals surface area contributed by atoms with Crippen LogP contribution in [0.4, 0.5) is 0 Å². The predicted molar refractivity (Wildman–Crippen MR) is 69.2 cm³/mol. The molecule has 0 heterocycles. The number of hydrogen-bond acceptors (Lipinski definition) is 1. The van der Waals surface area contributed by atoms with Crippen LogP contribution in [0.3, 0.4) is 0 Å². The van der Waals surface area contributed by atoms with E-state index in [0.29, 0.717) is 5.88 Å². The van der Waals surface area contributed by atoms with Crippen LogP contribution in [0.15, 0.2) is 18.2 Å². The van der Waals surface area contributed by atoms with Crippen LogP contribution in [0.2, 0.25) is 0 Å². The molecule has 0 aliphatic carbocycles. The molecule has 1 nitrogen and oxygen atoms in total. The standard InChI is InChI=1S/C14H17ClO/c1-3-4-10-16-14-8-7-12(2)11-13(14)6-5-9-15/h7-8,11H,3-4,9-10H2,1-2H3. The average Bonchev–Trinajstić information content (AvgIpc) is 2.29. The molecular formula is C14H17ClO. The van der Waals surface area contributed by atoms with Gasteiger partial charge in [0, 0.05) is 0 Å². The molecule has 1 aromatic rings. The Hall–Kier alpha value is -1.13. The molecule has 16 heavy (non-hydrogen) atoms. The molecule has 0 saturated carbocycles. The highest BCUT2D eigenvalue weighted by Crippen LogP contribution is 2.19. The lowest BCUT2D eigenvalue weighted by Gasteiger charge is -2.08. The molecule has 0 spiro atoms. The Morgan fingerprint density at radius 1 is 1.38 bits per heavy atom. The summed E-state index contributed by atoms with van der Waals surface area (Å²) in [6, 6.07) is 6.04. The molecule has 0 fully saturated rings. The highest BCUT2D eigenvalue weighted by Gasteiger charge is 2.01. The van der Waals surface area contributed by atoms with E-state index in [1.807, 2.05) is 25.1 Å². The van der Waals surface area contributed by atoms with E-state index in [0.717, 1.165) is 30.8 Å². The average molecular weight is 237 g/mol. The number of benzene rings is 1. The molecule has 0 N–H and O–H groups in total.